The summed E-state index contributed by atoms with van der Waals surface area (Å²) in [6, 6.07) is 17.9. The number of carbonyl (C=O) groups is 1. The average molecular weight is 435 g/mol. The number of benzene rings is 2. The molecule has 2 N–H and O–H groups in total. The summed E-state index contributed by atoms with van der Waals surface area (Å²) in [4.78, 5) is 16.5. The summed E-state index contributed by atoms with van der Waals surface area (Å²) in [5.41, 5.74) is 4.31. The van der Waals surface area contributed by atoms with Gasteiger partial charge in [0, 0.05) is 54.5 Å². The Morgan fingerprint density at radius 2 is 1.81 bits per heavy atom. The van der Waals surface area contributed by atoms with E-state index in [9.17, 15) is 13.2 Å². The van der Waals surface area contributed by atoms with Crippen LogP contribution in [0.15, 0.2) is 78.0 Å². The zero-order chi connectivity index (χ0) is 22.0. The fourth-order valence-corrected chi connectivity index (χ4v) is 4.12. The molecule has 31 heavy (non-hydrogen) atoms. The summed E-state index contributed by atoms with van der Waals surface area (Å²) in [5.74, 6) is 0. The van der Waals surface area contributed by atoms with Crippen molar-refractivity contribution in [3.05, 3.63) is 78.6 Å². The third-order valence-electron chi connectivity index (χ3n) is 5.06. The number of hydrogen-bond donors (Lipinski definition) is 2. The molecule has 0 saturated heterocycles. The SMILES string of the molecule is Cn1c(-c2cccc(S(C)(=O)=O)c2)cc2cc(NC(=O)NCc3ccncc3)ccc21. The maximum atomic E-state index is 12.2. The molecule has 0 bridgehead atoms. The van der Waals surface area contributed by atoms with E-state index >= 15 is 0 Å². The molecule has 0 fully saturated rings. The van der Waals surface area contributed by atoms with Crippen molar-refractivity contribution in [1.82, 2.24) is 14.9 Å². The number of amides is 2. The van der Waals surface area contributed by atoms with E-state index in [1.807, 2.05) is 54.1 Å². The number of carbonyl (C=O) groups excluding carboxylic acids is 1. The molecule has 8 heteroatoms. The van der Waals surface area contributed by atoms with Crippen molar-refractivity contribution in [2.24, 2.45) is 7.05 Å². The number of aromatic nitrogens is 2. The average Bonchev–Trinajstić information content (AvgIpc) is 3.08. The maximum Gasteiger partial charge on any atom is 0.319 e. The smallest absolute Gasteiger partial charge is 0.319 e. The van der Waals surface area contributed by atoms with Gasteiger partial charge in [-0.25, -0.2) is 13.2 Å². The number of urea groups is 1. The summed E-state index contributed by atoms with van der Waals surface area (Å²) in [6.45, 7) is 0.406. The number of nitrogens with zero attached hydrogens (tertiary/aromatic N) is 2. The van der Waals surface area contributed by atoms with E-state index in [1.54, 1.807) is 30.6 Å². The van der Waals surface area contributed by atoms with Crippen LogP contribution < -0.4 is 10.6 Å². The van der Waals surface area contributed by atoms with Crippen LogP contribution in [-0.4, -0.2) is 30.3 Å². The summed E-state index contributed by atoms with van der Waals surface area (Å²) < 4.78 is 25.8. The zero-order valence-electron chi connectivity index (χ0n) is 17.2. The Kier molecular flexibility index (Phi) is 5.48. The molecule has 0 radical (unpaired) electrons. The van der Waals surface area contributed by atoms with Crippen molar-refractivity contribution in [1.29, 1.82) is 0 Å². The van der Waals surface area contributed by atoms with Crippen LogP contribution in [0.5, 0.6) is 0 Å². The Labute approximate surface area is 180 Å². The van der Waals surface area contributed by atoms with Gasteiger partial charge in [0.25, 0.3) is 0 Å². The van der Waals surface area contributed by atoms with Gasteiger partial charge in [-0.3, -0.25) is 4.98 Å². The first-order valence-corrected chi connectivity index (χ1v) is 11.5. The highest BCUT2D eigenvalue weighted by Crippen LogP contribution is 2.30. The molecule has 0 saturated carbocycles. The van der Waals surface area contributed by atoms with Crippen LogP contribution in [0.3, 0.4) is 0 Å². The highest BCUT2D eigenvalue weighted by molar-refractivity contribution is 7.90. The van der Waals surface area contributed by atoms with Gasteiger partial charge in [0.1, 0.15) is 0 Å². The Bertz CT molecular complexity index is 1360. The zero-order valence-corrected chi connectivity index (χ0v) is 18.0. The lowest BCUT2D eigenvalue weighted by Gasteiger charge is -2.08. The molecule has 0 aliphatic carbocycles. The van der Waals surface area contributed by atoms with Gasteiger partial charge in [-0.15, -0.1) is 0 Å². The topological polar surface area (TPSA) is 93.1 Å². The first-order chi connectivity index (χ1) is 14.8. The van der Waals surface area contributed by atoms with Crippen LogP contribution in [0.1, 0.15) is 5.56 Å². The van der Waals surface area contributed by atoms with Crippen LogP contribution in [0, 0.1) is 0 Å². The van der Waals surface area contributed by atoms with Gasteiger partial charge in [0.15, 0.2) is 9.84 Å². The molecule has 158 valence electrons. The third kappa shape index (κ3) is 4.59. The number of hydrogen-bond acceptors (Lipinski definition) is 4. The van der Waals surface area contributed by atoms with Crippen LogP contribution in [0.2, 0.25) is 0 Å². The number of nitrogens with one attached hydrogen (secondary N) is 2. The van der Waals surface area contributed by atoms with Crippen molar-refractivity contribution in [3.63, 3.8) is 0 Å². The van der Waals surface area contributed by atoms with E-state index in [-0.39, 0.29) is 10.9 Å². The molecular formula is C23H22N4O3S. The first-order valence-electron chi connectivity index (χ1n) is 9.65. The van der Waals surface area contributed by atoms with Crippen LogP contribution in [0.25, 0.3) is 22.2 Å². The molecule has 2 aromatic carbocycles. The minimum absolute atomic E-state index is 0.281. The van der Waals surface area contributed by atoms with Crippen molar-refractivity contribution < 1.29 is 13.2 Å². The second-order valence-electron chi connectivity index (χ2n) is 7.33. The largest absolute Gasteiger partial charge is 0.344 e. The van der Waals surface area contributed by atoms with Gasteiger partial charge in [-0.2, -0.15) is 0 Å². The summed E-state index contributed by atoms with van der Waals surface area (Å²) in [5, 5.41) is 6.60. The lowest BCUT2D eigenvalue weighted by molar-refractivity contribution is 0.251. The van der Waals surface area contributed by atoms with Gasteiger partial charge < -0.3 is 15.2 Å². The number of pyridine rings is 1. The predicted molar refractivity (Wildman–Crippen MR) is 122 cm³/mol. The van der Waals surface area contributed by atoms with Gasteiger partial charge >= 0.3 is 6.03 Å². The predicted octanol–water partition coefficient (Wildman–Crippen LogP) is 3.97. The lowest BCUT2D eigenvalue weighted by Crippen LogP contribution is -2.28. The molecule has 4 aromatic rings. The number of sulfone groups is 1. The standard InChI is InChI=1S/C23H22N4O3S/c1-27-21-7-6-19(26-23(28)25-15-16-8-10-24-11-9-16)12-18(21)14-22(27)17-4-3-5-20(13-17)31(2,29)30/h3-14H,15H2,1-2H3,(H2,25,26,28). The maximum absolute atomic E-state index is 12.2. The van der Waals surface area contributed by atoms with Crippen LogP contribution in [-0.2, 0) is 23.4 Å². The van der Waals surface area contributed by atoms with Crippen molar-refractivity contribution in [2.75, 3.05) is 11.6 Å². The minimum Gasteiger partial charge on any atom is -0.344 e. The molecule has 2 heterocycles. The molecule has 0 spiro atoms. The molecule has 0 atom stereocenters. The number of anilines is 1. The molecule has 0 unspecified atom stereocenters. The second-order valence-corrected chi connectivity index (χ2v) is 9.34. The Morgan fingerprint density at radius 3 is 2.55 bits per heavy atom. The van der Waals surface area contributed by atoms with Crippen LogP contribution in [0.4, 0.5) is 10.5 Å². The molecule has 2 amide bonds. The van der Waals surface area contributed by atoms with Gasteiger partial charge in [-0.05, 0) is 59.7 Å². The first kappa shape index (κ1) is 20.6. The monoisotopic (exact) mass is 434 g/mol. The lowest BCUT2D eigenvalue weighted by atomic mass is 10.1. The molecule has 0 aliphatic rings. The number of rotatable bonds is 5. The Hall–Kier alpha value is -3.65. The fourth-order valence-electron chi connectivity index (χ4n) is 3.45. The molecule has 7 nitrogen and oxygen atoms in total. The summed E-state index contributed by atoms with van der Waals surface area (Å²) in [7, 11) is -1.36. The van der Waals surface area contributed by atoms with E-state index in [0.717, 1.165) is 27.7 Å². The number of fused-ring (bicyclic) bond motifs is 1. The number of aryl methyl sites for hydroxylation is 1. The van der Waals surface area contributed by atoms with E-state index < -0.39 is 9.84 Å². The second kappa shape index (κ2) is 8.23. The third-order valence-corrected chi connectivity index (χ3v) is 6.17. The highest BCUT2D eigenvalue weighted by atomic mass is 32.2. The fraction of sp³-hybridized carbons (Fsp3) is 0.130. The van der Waals surface area contributed by atoms with Gasteiger partial charge in [0.2, 0.25) is 0 Å². The van der Waals surface area contributed by atoms with Crippen molar-refractivity contribution >= 4 is 32.5 Å². The normalized spacial score (nSPS) is 11.4. The molecule has 0 aliphatic heterocycles. The van der Waals surface area contributed by atoms with E-state index in [1.165, 1.54) is 6.26 Å². The van der Waals surface area contributed by atoms with Gasteiger partial charge in [-0.1, -0.05) is 12.1 Å². The van der Waals surface area contributed by atoms with E-state index in [2.05, 4.69) is 15.6 Å². The summed E-state index contributed by atoms with van der Waals surface area (Å²) >= 11 is 0. The molecule has 2 aromatic heterocycles. The Morgan fingerprint density at radius 1 is 1.03 bits per heavy atom. The van der Waals surface area contributed by atoms with E-state index in [0.29, 0.717) is 12.2 Å². The van der Waals surface area contributed by atoms with Crippen molar-refractivity contribution in [2.45, 2.75) is 11.4 Å². The molecular weight excluding hydrogens is 412 g/mol. The quantitative estimate of drug-likeness (QED) is 0.497. The summed E-state index contributed by atoms with van der Waals surface area (Å²) in [6.07, 6.45) is 4.56. The van der Waals surface area contributed by atoms with Crippen molar-refractivity contribution in [3.8, 4) is 11.3 Å². The van der Waals surface area contributed by atoms with Gasteiger partial charge in [0.05, 0.1) is 4.90 Å². The van der Waals surface area contributed by atoms with Crippen LogP contribution >= 0.6 is 0 Å². The highest BCUT2D eigenvalue weighted by Gasteiger charge is 2.13. The van der Waals surface area contributed by atoms with E-state index in [4.69, 9.17) is 0 Å². The molecule has 4 rings (SSSR count). The minimum atomic E-state index is -3.29. The Balaban J connectivity index is 1.56.